The molecule has 5 nitrogen and oxygen atoms in total. The number of imide groups is 1. The molecule has 1 saturated heterocycles. The number of rotatable bonds is 7. The lowest BCUT2D eigenvalue weighted by Crippen LogP contribution is -2.92. The van der Waals surface area contributed by atoms with Crippen LogP contribution in [0.15, 0.2) is 41.8 Å². The van der Waals surface area contributed by atoms with Crippen molar-refractivity contribution in [2.45, 2.75) is 39.3 Å². The molecule has 3 amide bonds. The first kappa shape index (κ1) is 19.6. The molecule has 1 aromatic heterocycles. The first-order chi connectivity index (χ1) is 13.0. The van der Waals surface area contributed by atoms with Gasteiger partial charge in [0.2, 0.25) is 0 Å². The van der Waals surface area contributed by atoms with E-state index in [1.54, 1.807) is 11.3 Å². The van der Waals surface area contributed by atoms with E-state index in [2.05, 4.69) is 60.2 Å². The summed E-state index contributed by atoms with van der Waals surface area (Å²) in [4.78, 5) is 27.0. The largest absolute Gasteiger partial charge is 0.336 e. The number of thiophene rings is 1. The van der Waals surface area contributed by atoms with Gasteiger partial charge in [0.15, 0.2) is 6.04 Å². The number of nitrogens with two attached hydrogens (primary N) is 1. The van der Waals surface area contributed by atoms with E-state index in [4.69, 9.17) is 0 Å². The van der Waals surface area contributed by atoms with Gasteiger partial charge in [0, 0.05) is 18.7 Å². The molecule has 0 spiro atoms. The second-order valence-corrected chi connectivity index (χ2v) is 8.51. The third kappa shape index (κ3) is 4.76. The highest BCUT2D eigenvalue weighted by Gasteiger charge is 2.33. The van der Waals surface area contributed by atoms with Gasteiger partial charge in [0.05, 0.1) is 4.88 Å². The van der Waals surface area contributed by atoms with Crippen LogP contribution in [0.3, 0.4) is 0 Å². The molecule has 144 valence electrons. The standard InChI is InChI=1S/C21H27N3O2S/c1-14(2)13-16-6-8-17(9-7-16)19(18-5-4-12-27-18)23-15(3)20(25)24-11-10-22-21(24)26/h4-9,12,14-15,19,23H,10-11,13H2,1-3H3,(H,22,26)/p+1/t15-,19+/m1/s1. The first-order valence-corrected chi connectivity index (χ1v) is 10.4. The Labute approximate surface area is 164 Å². The van der Waals surface area contributed by atoms with E-state index in [9.17, 15) is 9.59 Å². The van der Waals surface area contributed by atoms with Crippen LogP contribution in [0.1, 0.15) is 42.8 Å². The Balaban J connectivity index is 1.78. The molecule has 3 N–H and O–H groups in total. The van der Waals surface area contributed by atoms with Crippen LogP contribution in [-0.2, 0) is 11.2 Å². The van der Waals surface area contributed by atoms with Gasteiger partial charge in [0.1, 0.15) is 6.04 Å². The van der Waals surface area contributed by atoms with Crippen molar-refractivity contribution in [1.82, 2.24) is 10.2 Å². The van der Waals surface area contributed by atoms with Gasteiger partial charge in [-0.05, 0) is 36.3 Å². The molecular weight excluding hydrogens is 358 g/mol. The van der Waals surface area contributed by atoms with E-state index < -0.39 is 0 Å². The van der Waals surface area contributed by atoms with Crippen LogP contribution in [0.5, 0.6) is 0 Å². The molecule has 0 unspecified atom stereocenters. The average molecular weight is 387 g/mol. The highest BCUT2D eigenvalue weighted by Crippen LogP contribution is 2.24. The Hall–Kier alpha value is -2.18. The van der Waals surface area contributed by atoms with Crippen molar-refractivity contribution in [3.05, 3.63) is 57.8 Å². The van der Waals surface area contributed by atoms with E-state index in [1.807, 2.05) is 13.0 Å². The van der Waals surface area contributed by atoms with E-state index >= 15 is 0 Å². The summed E-state index contributed by atoms with van der Waals surface area (Å²) in [5.41, 5.74) is 2.51. The monoisotopic (exact) mass is 386 g/mol. The predicted molar refractivity (Wildman–Crippen MR) is 108 cm³/mol. The van der Waals surface area contributed by atoms with Crippen LogP contribution in [0, 0.1) is 5.92 Å². The number of benzene rings is 1. The lowest BCUT2D eigenvalue weighted by atomic mass is 9.98. The van der Waals surface area contributed by atoms with Gasteiger partial charge < -0.3 is 10.6 Å². The fourth-order valence-corrected chi connectivity index (χ4v) is 4.30. The molecule has 1 aromatic carbocycles. The molecule has 0 aliphatic carbocycles. The highest BCUT2D eigenvalue weighted by molar-refractivity contribution is 7.10. The molecule has 0 saturated carbocycles. The Morgan fingerprint density at radius 2 is 1.96 bits per heavy atom. The number of carbonyl (C=O) groups excluding carboxylic acids is 2. The summed E-state index contributed by atoms with van der Waals surface area (Å²) in [5.74, 6) is 0.489. The van der Waals surface area contributed by atoms with E-state index in [0.717, 1.165) is 6.42 Å². The number of amides is 3. The number of carbonyl (C=O) groups is 2. The summed E-state index contributed by atoms with van der Waals surface area (Å²) in [6.45, 7) is 7.30. The zero-order chi connectivity index (χ0) is 19.4. The molecule has 0 bridgehead atoms. The van der Waals surface area contributed by atoms with Gasteiger partial charge >= 0.3 is 6.03 Å². The van der Waals surface area contributed by atoms with Gasteiger partial charge in [-0.1, -0.05) is 44.2 Å². The molecule has 27 heavy (non-hydrogen) atoms. The van der Waals surface area contributed by atoms with Crippen LogP contribution in [-0.4, -0.2) is 36.0 Å². The van der Waals surface area contributed by atoms with Gasteiger partial charge in [-0.15, -0.1) is 11.3 Å². The molecule has 1 aliphatic rings. The molecule has 6 heteroatoms. The first-order valence-electron chi connectivity index (χ1n) is 9.52. The molecule has 2 atom stereocenters. The fraction of sp³-hybridized carbons (Fsp3) is 0.429. The molecule has 3 rings (SSSR count). The van der Waals surface area contributed by atoms with Crippen LogP contribution >= 0.6 is 11.3 Å². The quantitative estimate of drug-likeness (QED) is 0.768. The summed E-state index contributed by atoms with van der Waals surface area (Å²) in [7, 11) is 0. The second-order valence-electron chi connectivity index (χ2n) is 7.54. The smallest absolute Gasteiger partial charge is 0.324 e. The Morgan fingerprint density at radius 3 is 2.52 bits per heavy atom. The highest BCUT2D eigenvalue weighted by atomic mass is 32.1. The molecule has 1 aliphatic heterocycles. The number of hydrogen-bond donors (Lipinski definition) is 2. The normalized spacial score (nSPS) is 16.4. The van der Waals surface area contributed by atoms with Crippen molar-refractivity contribution in [3.63, 3.8) is 0 Å². The van der Waals surface area contributed by atoms with Gasteiger partial charge in [0.25, 0.3) is 5.91 Å². The summed E-state index contributed by atoms with van der Waals surface area (Å²) in [6, 6.07) is 12.3. The number of nitrogens with one attached hydrogen (secondary N) is 1. The average Bonchev–Trinajstić information content (AvgIpc) is 3.31. The lowest BCUT2D eigenvalue weighted by molar-refractivity contribution is -0.704. The summed E-state index contributed by atoms with van der Waals surface area (Å²) < 4.78 is 0. The summed E-state index contributed by atoms with van der Waals surface area (Å²) in [5, 5.41) is 6.82. The van der Waals surface area contributed by atoms with Crippen molar-refractivity contribution in [1.29, 1.82) is 0 Å². The third-order valence-corrected chi connectivity index (χ3v) is 5.78. The van der Waals surface area contributed by atoms with Gasteiger partial charge in [-0.25, -0.2) is 4.79 Å². The van der Waals surface area contributed by atoms with Gasteiger partial charge in [-0.2, -0.15) is 0 Å². The summed E-state index contributed by atoms with van der Waals surface area (Å²) in [6.07, 6.45) is 1.06. The SMILES string of the molecule is CC(C)Cc1ccc([C@H]([NH2+][C@H](C)C(=O)N2CCNC2=O)c2cccs2)cc1. The molecule has 2 heterocycles. The number of nitrogens with zero attached hydrogens (tertiary/aromatic N) is 1. The summed E-state index contributed by atoms with van der Waals surface area (Å²) >= 11 is 1.69. The Bertz CT molecular complexity index is 771. The maximum atomic E-state index is 12.7. The predicted octanol–water partition coefficient (Wildman–Crippen LogP) is 2.54. The van der Waals surface area contributed by atoms with Crippen molar-refractivity contribution in [2.24, 2.45) is 5.92 Å². The number of quaternary nitrogens is 1. The lowest BCUT2D eigenvalue weighted by Gasteiger charge is -2.22. The number of hydrogen-bond acceptors (Lipinski definition) is 3. The van der Waals surface area contributed by atoms with E-state index in [0.29, 0.717) is 19.0 Å². The zero-order valence-corrected chi connectivity index (χ0v) is 17.0. The fourth-order valence-electron chi connectivity index (χ4n) is 3.47. The molecule has 0 radical (unpaired) electrons. The maximum Gasteiger partial charge on any atom is 0.324 e. The molecular formula is C21H28N3O2S+. The van der Waals surface area contributed by atoms with Crippen LogP contribution in [0.4, 0.5) is 4.79 Å². The van der Waals surface area contributed by atoms with Crippen molar-refractivity contribution < 1.29 is 14.9 Å². The van der Waals surface area contributed by atoms with Crippen LogP contribution in [0.2, 0.25) is 0 Å². The van der Waals surface area contributed by atoms with Crippen LogP contribution in [0.25, 0.3) is 0 Å². The molecule has 2 aromatic rings. The number of urea groups is 1. The van der Waals surface area contributed by atoms with E-state index in [1.165, 1.54) is 20.9 Å². The van der Waals surface area contributed by atoms with Crippen molar-refractivity contribution in [2.75, 3.05) is 13.1 Å². The second kappa shape index (κ2) is 8.67. The Kier molecular flexibility index (Phi) is 6.29. The van der Waals surface area contributed by atoms with Gasteiger partial charge in [-0.3, -0.25) is 9.69 Å². The Morgan fingerprint density at radius 1 is 1.22 bits per heavy atom. The van der Waals surface area contributed by atoms with Crippen LogP contribution < -0.4 is 10.6 Å². The molecule has 1 fully saturated rings. The van der Waals surface area contributed by atoms with Crippen molar-refractivity contribution >= 4 is 23.3 Å². The van der Waals surface area contributed by atoms with Crippen molar-refractivity contribution in [3.8, 4) is 0 Å². The van der Waals surface area contributed by atoms with E-state index in [-0.39, 0.29) is 24.0 Å². The topological polar surface area (TPSA) is 66.0 Å². The zero-order valence-electron chi connectivity index (χ0n) is 16.1. The maximum absolute atomic E-state index is 12.7. The minimum absolute atomic E-state index is 0.0442. The minimum Gasteiger partial charge on any atom is -0.336 e. The third-order valence-electron chi connectivity index (χ3n) is 4.83. The minimum atomic E-state index is -0.337.